The molecule has 0 aromatic heterocycles. The van der Waals surface area contributed by atoms with Crippen molar-refractivity contribution in [3.05, 3.63) is 29.8 Å². The smallest absolute Gasteiger partial charge is 0.0412 e. The van der Waals surface area contributed by atoms with Gasteiger partial charge >= 0.3 is 0 Å². The predicted octanol–water partition coefficient (Wildman–Crippen LogP) is 2.63. The maximum atomic E-state index is 6.23. The summed E-state index contributed by atoms with van der Waals surface area (Å²) in [4.78, 5) is 4.84. The Morgan fingerprint density at radius 3 is 2.79 bits per heavy atom. The Morgan fingerprint density at radius 2 is 2.16 bits per heavy atom. The van der Waals surface area contributed by atoms with Crippen LogP contribution in [0, 0.1) is 0 Å². The number of benzene rings is 1. The molecule has 0 radical (unpaired) electrons. The van der Waals surface area contributed by atoms with Crippen LogP contribution in [0.5, 0.6) is 0 Å². The van der Waals surface area contributed by atoms with Crippen molar-refractivity contribution >= 4 is 5.69 Å². The Balaban J connectivity index is 2.12. The first-order chi connectivity index (χ1) is 9.13. The van der Waals surface area contributed by atoms with Crippen LogP contribution in [0.25, 0.3) is 0 Å². The zero-order valence-corrected chi connectivity index (χ0v) is 12.5. The highest BCUT2D eigenvalue weighted by molar-refractivity contribution is 5.54. The van der Waals surface area contributed by atoms with E-state index in [1.165, 1.54) is 30.6 Å². The summed E-state index contributed by atoms with van der Waals surface area (Å²) in [6, 6.07) is 9.37. The Bertz CT molecular complexity index is 405. The Kier molecular flexibility index (Phi) is 4.83. The average molecular weight is 261 g/mol. The molecule has 1 aliphatic rings. The van der Waals surface area contributed by atoms with Gasteiger partial charge in [0, 0.05) is 31.4 Å². The van der Waals surface area contributed by atoms with E-state index in [9.17, 15) is 0 Å². The summed E-state index contributed by atoms with van der Waals surface area (Å²) in [7, 11) is 4.42. The number of anilines is 1. The summed E-state index contributed by atoms with van der Waals surface area (Å²) in [6.45, 7) is 4.46. The van der Waals surface area contributed by atoms with Gasteiger partial charge in [-0.2, -0.15) is 0 Å². The second kappa shape index (κ2) is 6.40. The lowest BCUT2D eigenvalue weighted by Crippen LogP contribution is -2.37. The molecule has 106 valence electrons. The minimum absolute atomic E-state index is 0.139. The first kappa shape index (κ1) is 14.4. The molecule has 1 fully saturated rings. The minimum Gasteiger partial charge on any atom is -0.373 e. The first-order valence-electron chi connectivity index (χ1n) is 7.39. The molecule has 2 rings (SSSR count). The molecule has 1 aliphatic heterocycles. The molecule has 1 saturated heterocycles. The monoisotopic (exact) mass is 261 g/mol. The molecule has 0 bridgehead atoms. The molecule has 3 nitrogen and oxygen atoms in total. The van der Waals surface area contributed by atoms with Crippen LogP contribution in [0.4, 0.5) is 5.69 Å². The molecule has 3 heteroatoms. The number of hydrogen-bond donors (Lipinski definition) is 1. The normalized spacial score (nSPS) is 21.6. The van der Waals surface area contributed by atoms with Gasteiger partial charge in [0.25, 0.3) is 0 Å². The third kappa shape index (κ3) is 3.28. The van der Waals surface area contributed by atoms with Crippen LogP contribution in [0.2, 0.25) is 0 Å². The van der Waals surface area contributed by atoms with Crippen molar-refractivity contribution < 1.29 is 0 Å². The molecule has 1 aromatic carbocycles. The van der Waals surface area contributed by atoms with Gasteiger partial charge in [-0.3, -0.25) is 0 Å². The van der Waals surface area contributed by atoms with Crippen molar-refractivity contribution in [1.82, 2.24) is 4.90 Å². The van der Waals surface area contributed by atoms with Crippen LogP contribution < -0.4 is 10.6 Å². The summed E-state index contributed by atoms with van der Waals surface area (Å²) < 4.78 is 0. The van der Waals surface area contributed by atoms with Gasteiger partial charge in [0.1, 0.15) is 0 Å². The lowest BCUT2D eigenvalue weighted by molar-refractivity contribution is 0.314. The summed E-state index contributed by atoms with van der Waals surface area (Å²) in [6.07, 6.45) is 3.61. The van der Waals surface area contributed by atoms with Crippen LogP contribution in [0.1, 0.15) is 37.8 Å². The maximum Gasteiger partial charge on any atom is 0.0412 e. The highest BCUT2D eigenvalue weighted by Gasteiger charge is 2.23. The number of para-hydroxylation sites is 1. The molecule has 0 saturated carbocycles. The lowest BCUT2D eigenvalue weighted by Gasteiger charge is -2.29. The molecule has 19 heavy (non-hydrogen) atoms. The Labute approximate surface area is 117 Å². The Hall–Kier alpha value is -1.06. The molecular formula is C16H27N3. The van der Waals surface area contributed by atoms with Crippen LogP contribution in [-0.2, 0) is 0 Å². The number of likely N-dealkylation sites (tertiary alicyclic amines) is 1. The van der Waals surface area contributed by atoms with Gasteiger partial charge in [-0.25, -0.2) is 0 Å². The minimum atomic E-state index is 0.139. The van der Waals surface area contributed by atoms with Gasteiger partial charge in [0.2, 0.25) is 0 Å². The maximum absolute atomic E-state index is 6.23. The average Bonchev–Trinajstić information content (AvgIpc) is 2.83. The van der Waals surface area contributed by atoms with Crippen molar-refractivity contribution in [1.29, 1.82) is 0 Å². The van der Waals surface area contributed by atoms with Gasteiger partial charge in [-0.1, -0.05) is 25.1 Å². The zero-order chi connectivity index (χ0) is 13.8. The van der Waals surface area contributed by atoms with E-state index in [0.717, 1.165) is 13.0 Å². The van der Waals surface area contributed by atoms with Gasteiger partial charge in [0.05, 0.1) is 0 Å². The third-order valence-electron chi connectivity index (χ3n) is 4.34. The number of hydrogen-bond acceptors (Lipinski definition) is 3. The fourth-order valence-corrected chi connectivity index (χ4v) is 2.99. The van der Waals surface area contributed by atoms with E-state index in [1.54, 1.807) is 0 Å². The number of nitrogens with zero attached hydrogens (tertiary/aromatic N) is 2. The highest BCUT2D eigenvalue weighted by atomic mass is 15.2. The Morgan fingerprint density at radius 1 is 1.42 bits per heavy atom. The van der Waals surface area contributed by atoms with Crippen molar-refractivity contribution in [2.75, 3.05) is 32.1 Å². The van der Waals surface area contributed by atoms with Crippen LogP contribution in [0.15, 0.2) is 24.3 Å². The summed E-state index contributed by atoms with van der Waals surface area (Å²) in [5.41, 5.74) is 8.79. The van der Waals surface area contributed by atoms with E-state index < -0.39 is 0 Å². The topological polar surface area (TPSA) is 32.5 Å². The molecule has 0 aliphatic carbocycles. The van der Waals surface area contributed by atoms with Crippen molar-refractivity contribution in [3.63, 3.8) is 0 Å². The van der Waals surface area contributed by atoms with Crippen LogP contribution in [-0.4, -0.2) is 38.1 Å². The number of nitrogens with two attached hydrogens (primary N) is 1. The molecule has 1 aromatic rings. The van der Waals surface area contributed by atoms with E-state index in [2.05, 4.69) is 55.1 Å². The second-order valence-corrected chi connectivity index (χ2v) is 5.73. The quantitative estimate of drug-likeness (QED) is 0.884. The third-order valence-corrected chi connectivity index (χ3v) is 4.34. The van der Waals surface area contributed by atoms with E-state index in [0.29, 0.717) is 6.04 Å². The fourth-order valence-electron chi connectivity index (χ4n) is 2.99. The van der Waals surface area contributed by atoms with Crippen molar-refractivity contribution in [2.45, 2.75) is 38.3 Å². The second-order valence-electron chi connectivity index (χ2n) is 5.73. The van der Waals surface area contributed by atoms with Crippen LogP contribution >= 0.6 is 0 Å². The van der Waals surface area contributed by atoms with E-state index in [-0.39, 0.29) is 6.04 Å². The standard InChI is InChI=1S/C16H27N3/c1-4-15(17)14-9-5-6-10-16(14)19(3)12-13-8-7-11-18(13)2/h5-6,9-10,13,15H,4,7-8,11-12,17H2,1-3H3/t13?,15-/m0/s1. The zero-order valence-electron chi connectivity index (χ0n) is 12.5. The lowest BCUT2D eigenvalue weighted by atomic mass is 10.0. The summed E-state index contributed by atoms with van der Waals surface area (Å²) in [5, 5.41) is 0. The molecule has 1 heterocycles. The predicted molar refractivity (Wildman–Crippen MR) is 82.6 cm³/mol. The van der Waals surface area contributed by atoms with Gasteiger partial charge in [0.15, 0.2) is 0 Å². The van der Waals surface area contributed by atoms with Gasteiger partial charge < -0.3 is 15.5 Å². The number of likely N-dealkylation sites (N-methyl/N-ethyl adjacent to an activating group) is 2. The SMILES string of the molecule is CC[C@H](N)c1ccccc1N(C)CC1CCCN1C. The van der Waals surface area contributed by atoms with Crippen molar-refractivity contribution in [2.24, 2.45) is 5.73 Å². The first-order valence-corrected chi connectivity index (χ1v) is 7.39. The largest absolute Gasteiger partial charge is 0.373 e. The molecule has 0 amide bonds. The summed E-state index contributed by atoms with van der Waals surface area (Å²) >= 11 is 0. The summed E-state index contributed by atoms with van der Waals surface area (Å²) in [5.74, 6) is 0. The van der Waals surface area contributed by atoms with Gasteiger partial charge in [-0.05, 0) is 44.5 Å². The molecule has 2 N–H and O–H groups in total. The van der Waals surface area contributed by atoms with Gasteiger partial charge in [-0.15, -0.1) is 0 Å². The van der Waals surface area contributed by atoms with E-state index >= 15 is 0 Å². The molecule has 0 spiro atoms. The van der Waals surface area contributed by atoms with Crippen LogP contribution in [0.3, 0.4) is 0 Å². The van der Waals surface area contributed by atoms with E-state index in [1.807, 2.05) is 0 Å². The van der Waals surface area contributed by atoms with E-state index in [4.69, 9.17) is 5.73 Å². The molecule has 2 atom stereocenters. The molecule has 1 unspecified atom stereocenters. The van der Waals surface area contributed by atoms with Crippen molar-refractivity contribution in [3.8, 4) is 0 Å². The molecular weight excluding hydrogens is 234 g/mol. The number of rotatable bonds is 5. The highest BCUT2D eigenvalue weighted by Crippen LogP contribution is 2.27. The fraction of sp³-hybridized carbons (Fsp3) is 0.625.